The molecule has 31 heavy (non-hydrogen) atoms. The Balaban J connectivity index is 1.67. The first kappa shape index (κ1) is 23.1. The van der Waals surface area contributed by atoms with Crippen LogP contribution >= 0.6 is 0 Å². The van der Waals surface area contributed by atoms with E-state index < -0.39 is 29.1 Å². The topological polar surface area (TPSA) is 55.8 Å². The van der Waals surface area contributed by atoms with Crippen molar-refractivity contribution in [3.8, 4) is 0 Å². The number of ether oxygens (including phenoxy) is 2. The molecule has 5 aliphatic carbocycles. The van der Waals surface area contributed by atoms with Crippen LogP contribution in [0, 0.1) is 17.3 Å². The normalized spacial score (nSPS) is 39.2. The summed E-state index contributed by atoms with van der Waals surface area (Å²) in [5.74, 6) is 0.393. The molecule has 0 radical (unpaired) electrons. The van der Waals surface area contributed by atoms with E-state index in [0.29, 0.717) is 36.7 Å². The van der Waals surface area contributed by atoms with Gasteiger partial charge in [0.15, 0.2) is 5.60 Å². The summed E-state index contributed by atoms with van der Waals surface area (Å²) in [6.07, 6.45) is 2.17. The lowest BCUT2D eigenvalue weighted by atomic mass is 9.43. The Labute approximate surface area is 182 Å². The molecule has 7 heteroatoms. The van der Waals surface area contributed by atoms with Gasteiger partial charge in [-0.3, -0.25) is 0 Å². The molecule has 0 spiro atoms. The van der Waals surface area contributed by atoms with Gasteiger partial charge in [-0.15, -0.1) is 0 Å². The number of alkyl halides is 3. The summed E-state index contributed by atoms with van der Waals surface area (Å²) in [6.45, 7) is 7.50. The first-order valence-electron chi connectivity index (χ1n) is 11.6. The van der Waals surface area contributed by atoms with Crippen LogP contribution in [0.2, 0.25) is 0 Å². The average molecular weight is 445 g/mol. The third-order valence-electron chi connectivity index (χ3n) is 8.81. The summed E-state index contributed by atoms with van der Waals surface area (Å²) in [5, 5.41) is 10.3. The zero-order chi connectivity index (χ0) is 22.9. The molecule has 4 atom stereocenters. The third-order valence-corrected chi connectivity index (χ3v) is 8.81. The van der Waals surface area contributed by atoms with Crippen molar-refractivity contribution in [2.24, 2.45) is 17.3 Å². The predicted molar refractivity (Wildman–Crippen MR) is 109 cm³/mol. The van der Waals surface area contributed by atoms with Crippen LogP contribution in [0.4, 0.5) is 13.2 Å². The second-order valence-electron chi connectivity index (χ2n) is 11.2. The molecule has 1 N–H and O–H groups in total. The molecule has 0 heterocycles. The highest BCUT2D eigenvalue weighted by atomic mass is 19.4. The van der Waals surface area contributed by atoms with Crippen LogP contribution in [0.1, 0.15) is 85.0 Å². The van der Waals surface area contributed by atoms with E-state index in [1.54, 1.807) is 6.92 Å². The van der Waals surface area contributed by atoms with E-state index in [4.69, 9.17) is 9.47 Å². The number of hydrogen-bond acceptors (Lipinski definition) is 4. The van der Waals surface area contributed by atoms with Gasteiger partial charge in [0, 0.05) is 11.0 Å². The minimum Gasteiger partial charge on any atom is -0.456 e. The minimum atomic E-state index is -4.77. The van der Waals surface area contributed by atoms with Gasteiger partial charge in [-0.2, -0.15) is 13.2 Å². The molecule has 5 aliphatic rings. The molecule has 0 amide bonds. The zero-order valence-electron chi connectivity index (χ0n) is 18.8. The van der Waals surface area contributed by atoms with Crippen LogP contribution in [0.25, 0.3) is 0 Å². The molecule has 0 aliphatic heterocycles. The summed E-state index contributed by atoms with van der Waals surface area (Å²) in [7, 11) is 0. The molecule has 4 bridgehead atoms. The standard InChI is InChI=1S/C24H35F3O4/c1-15(2)19(28)31-22-12-17-9-18(13-22)11-21(10-17,14-22)23(7-5-6-8-23)30-16(3)20(4,29)24(25,26)27/h16-18,29H,1,5-14H2,2-4H3. The van der Waals surface area contributed by atoms with Crippen molar-refractivity contribution < 1.29 is 32.5 Å². The molecular weight excluding hydrogens is 409 g/mol. The highest BCUT2D eigenvalue weighted by molar-refractivity contribution is 5.87. The first-order chi connectivity index (χ1) is 14.2. The lowest BCUT2D eigenvalue weighted by Crippen LogP contribution is -2.66. The van der Waals surface area contributed by atoms with E-state index >= 15 is 0 Å². The second kappa shape index (κ2) is 7.21. The fraction of sp³-hybridized carbons (Fsp3) is 0.875. The fourth-order valence-electron chi connectivity index (χ4n) is 7.52. The smallest absolute Gasteiger partial charge is 0.419 e. The molecule has 5 fully saturated rings. The fourth-order valence-corrected chi connectivity index (χ4v) is 7.52. The van der Waals surface area contributed by atoms with E-state index in [2.05, 4.69) is 6.58 Å². The lowest BCUT2D eigenvalue weighted by molar-refractivity contribution is -0.321. The largest absolute Gasteiger partial charge is 0.456 e. The molecule has 0 saturated heterocycles. The summed E-state index contributed by atoms with van der Waals surface area (Å²) in [5.41, 5.74) is -4.17. The monoisotopic (exact) mass is 444 g/mol. The Bertz CT molecular complexity index is 736. The van der Waals surface area contributed by atoms with Gasteiger partial charge in [0.05, 0.1) is 11.7 Å². The van der Waals surface area contributed by atoms with Crippen molar-refractivity contribution in [1.29, 1.82) is 0 Å². The van der Waals surface area contributed by atoms with Gasteiger partial charge in [0.25, 0.3) is 0 Å². The maximum absolute atomic E-state index is 13.5. The van der Waals surface area contributed by atoms with E-state index in [0.717, 1.165) is 51.9 Å². The molecule has 0 aromatic rings. The minimum absolute atomic E-state index is 0.321. The van der Waals surface area contributed by atoms with Gasteiger partial charge in [-0.1, -0.05) is 19.4 Å². The van der Waals surface area contributed by atoms with Gasteiger partial charge in [0.2, 0.25) is 0 Å². The molecular formula is C24H35F3O4. The van der Waals surface area contributed by atoms with Gasteiger partial charge >= 0.3 is 12.1 Å². The van der Waals surface area contributed by atoms with Crippen molar-refractivity contribution in [3.05, 3.63) is 12.2 Å². The van der Waals surface area contributed by atoms with Crippen LogP contribution in [0.15, 0.2) is 12.2 Å². The van der Waals surface area contributed by atoms with E-state index in [1.165, 1.54) is 6.92 Å². The zero-order valence-corrected chi connectivity index (χ0v) is 18.8. The first-order valence-corrected chi connectivity index (χ1v) is 11.6. The summed E-state index contributed by atoms with van der Waals surface area (Å²) < 4.78 is 53.0. The lowest BCUT2D eigenvalue weighted by Gasteiger charge is -2.66. The molecule has 5 saturated carbocycles. The number of aliphatic hydroxyl groups is 1. The van der Waals surface area contributed by atoms with Crippen molar-refractivity contribution in [3.63, 3.8) is 0 Å². The molecule has 4 unspecified atom stereocenters. The van der Waals surface area contributed by atoms with Crippen molar-refractivity contribution in [2.45, 2.75) is 114 Å². The number of carbonyl (C=O) groups is 1. The summed E-state index contributed by atoms with van der Waals surface area (Å²) in [6, 6.07) is 0. The van der Waals surface area contributed by atoms with Crippen LogP contribution < -0.4 is 0 Å². The number of hydrogen-bond donors (Lipinski definition) is 1. The van der Waals surface area contributed by atoms with E-state index in [1.807, 2.05) is 0 Å². The van der Waals surface area contributed by atoms with Crippen molar-refractivity contribution >= 4 is 5.97 Å². The Morgan fingerprint density at radius 1 is 1.13 bits per heavy atom. The van der Waals surface area contributed by atoms with Crippen molar-refractivity contribution in [2.75, 3.05) is 0 Å². The number of rotatable bonds is 6. The van der Waals surface area contributed by atoms with Gasteiger partial charge < -0.3 is 14.6 Å². The molecule has 4 nitrogen and oxygen atoms in total. The Kier molecular flexibility index (Phi) is 5.37. The maximum atomic E-state index is 13.5. The molecule has 0 aromatic heterocycles. The van der Waals surface area contributed by atoms with Crippen LogP contribution in [-0.4, -0.2) is 40.2 Å². The molecule has 176 valence electrons. The Morgan fingerprint density at radius 2 is 1.68 bits per heavy atom. The number of halogens is 3. The van der Waals surface area contributed by atoms with Gasteiger partial charge in [-0.25, -0.2) is 4.79 Å². The van der Waals surface area contributed by atoms with Crippen molar-refractivity contribution in [1.82, 2.24) is 0 Å². The van der Waals surface area contributed by atoms with Gasteiger partial charge in [0.1, 0.15) is 5.60 Å². The third kappa shape index (κ3) is 3.64. The SMILES string of the molecule is C=C(C)C(=O)OC12CC3CC(C1)CC(C1(OC(C)C(C)(O)C(F)(F)F)CCCC1)(C3)C2. The predicted octanol–water partition coefficient (Wildman–Crippen LogP) is 5.48. The van der Waals surface area contributed by atoms with Crippen LogP contribution in [0.3, 0.4) is 0 Å². The number of esters is 1. The Hall–Kier alpha value is -1.08. The molecule has 0 aromatic carbocycles. The Morgan fingerprint density at radius 3 is 2.16 bits per heavy atom. The number of carbonyl (C=O) groups excluding carboxylic acids is 1. The molecule has 5 rings (SSSR count). The van der Waals surface area contributed by atoms with Gasteiger partial charge in [-0.05, 0) is 84.0 Å². The maximum Gasteiger partial charge on any atom is 0.419 e. The van der Waals surface area contributed by atoms with Crippen LogP contribution in [0.5, 0.6) is 0 Å². The highest BCUT2D eigenvalue weighted by Crippen LogP contribution is 2.69. The average Bonchev–Trinajstić information content (AvgIpc) is 3.09. The van der Waals surface area contributed by atoms with E-state index in [9.17, 15) is 23.1 Å². The van der Waals surface area contributed by atoms with E-state index in [-0.39, 0.29) is 11.4 Å². The highest BCUT2D eigenvalue weighted by Gasteiger charge is 2.68. The quantitative estimate of drug-likeness (QED) is 0.436. The summed E-state index contributed by atoms with van der Waals surface area (Å²) in [4.78, 5) is 12.4. The summed E-state index contributed by atoms with van der Waals surface area (Å²) >= 11 is 0. The van der Waals surface area contributed by atoms with Crippen LogP contribution in [-0.2, 0) is 14.3 Å². The second-order valence-corrected chi connectivity index (χ2v) is 11.2.